The molecule has 1 N–H and O–H groups in total. The van der Waals surface area contributed by atoms with Crippen molar-refractivity contribution in [1.29, 1.82) is 5.26 Å². The lowest BCUT2D eigenvalue weighted by Gasteiger charge is -2.38. The maximum atomic E-state index is 14.4. The largest absolute Gasteiger partial charge is 0.497 e. The normalized spacial score (nSPS) is 15.6. The number of non-ortho nitro benzene ring substituents is 1. The Morgan fingerprint density at radius 2 is 1.48 bits per heavy atom. The van der Waals surface area contributed by atoms with Crippen molar-refractivity contribution in [2.24, 2.45) is 0 Å². The van der Waals surface area contributed by atoms with Crippen molar-refractivity contribution in [3.05, 3.63) is 134 Å². The molecule has 1 aliphatic rings. The van der Waals surface area contributed by atoms with Gasteiger partial charge in [-0.2, -0.15) is 5.26 Å². The predicted molar refractivity (Wildman–Crippen MR) is 245 cm³/mol. The first-order valence-electron chi connectivity index (χ1n) is 21.5. The molecule has 0 aliphatic carbocycles. The van der Waals surface area contributed by atoms with Crippen LogP contribution in [0.4, 0.5) is 17.1 Å². The molecule has 17 heteroatoms. The average molecular weight is 899 g/mol. The van der Waals surface area contributed by atoms with E-state index in [0.29, 0.717) is 50.3 Å². The molecule has 1 fully saturated rings. The third kappa shape index (κ3) is 12.5. The van der Waals surface area contributed by atoms with Crippen LogP contribution in [0, 0.1) is 31.6 Å². The first kappa shape index (κ1) is 49.3. The second-order valence-corrected chi connectivity index (χ2v) is 17.4. The smallest absolute Gasteiger partial charge is 0.299 e. The number of nitro groups is 2. The second kappa shape index (κ2) is 23.8. The van der Waals surface area contributed by atoms with Crippen molar-refractivity contribution in [2.45, 2.75) is 96.1 Å². The fourth-order valence-electron chi connectivity index (χ4n) is 8.01. The van der Waals surface area contributed by atoms with E-state index in [1.165, 1.54) is 12.1 Å². The standard InChI is InChI=1S/C47H59N6O10P/c1-34(2)51(35(3)4)64(62-29-13-27-48)63-43-30-40(50(32-43)46(54)16-11-8-12-28-49-44-26-21-39(52(55)56)31-45(44)53(57)58)33-61-47(36-14-9-7-10-15-36,37-17-22-41(59-5)23-18-37)38-19-24-42(60-6)25-20-38/h7,9-10,14-15,17-26,31,34-35,40,43,49H,8,11-13,16,28-30,32-33H2,1-6H3/t40-,43-,64?/m1/s1. The van der Waals surface area contributed by atoms with E-state index in [1.807, 2.05) is 83.8 Å². The summed E-state index contributed by atoms with van der Waals surface area (Å²) in [5, 5.41) is 35.1. The van der Waals surface area contributed by atoms with Crippen LogP contribution in [0.3, 0.4) is 0 Å². The second-order valence-electron chi connectivity index (χ2n) is 16.0. The van der Waals surface area contributed by atoms with Gasteiger partial charge in [0.05, 0.1) is 68.0 Å². The highest BCUT2D eigenvalue weighted by molar-refractivity contribution is 7.44. The van der Waals surface area contributed by atoms with Gasteiger partial charge < -0.3 is 33.5 Å². The summed E-state index contributed by atoms with van der Waals surface area (Å²) in [6.07, 6.45) is 2.37. The van der Waals surface area contributed by atoms with Crippen LogP contribution in [0.25, 0.3) is 0 Å². The first-order valence-corrected chi connectivity index (χ1v) is 22.7. The summed E-state index contributed by atoms with van der Waals surface area (Å²) in [6.45, 7) is 9.38. The van der Waals surface area contributed by atoms with Crippen molar-refractivity contribution in [1.82, 2.24) is 9.57 Å². The van der Waals surface area contributed by atoms with Crippen LogP contribution in [0.5, 0.6) is 11.5 Å². The fourth-order valence-corrected chi connectivity index (χ4v) is 9.72. The summed E-state index contributed by atoms with van der Waals surface area (Å²) < 4.78 is 33.6. The molecule has 64 heavy (non-hydrogen) atoms. The molecule has 5 rings (SSSR count). The SMILES string of the molecule is COc1ccc(C(OC[C@H]2C[C@@H](OP(OCCC#N)N(C(C)C)C(C)C)CN2C(=O)CCCCCNc2ccc([N+](=O)[O-])cc2[N+](=O)[O-])(c2ccccc2)c2ccc(OC)cc2)cc1. The van der Waals surface area contributed by atoms with Gasteiger partial charge in [0.15, 0.2) is 0 Å². The number of hydrogen-bond acceptors (Lipinski definition) is 13. The minimum atomic E-state index is -1.58. The van der Waals surface area contributed by atoms with Crippen LogP contribution in [0.15, 0.2) is 97.1 Å². The van der Waals surface area contributed by atoms with Crippen LogP contribution in [-0.4, -0.2) is 90.1 Å². The van der Waals surface area contributed by atoms with Gasteiger partial charge in [-0.05, 0) is 94.0 Å². The highest BCUT2D eigenvalue weighted by atomic mass is 31.2. The number of anilines is 1. The molecule has 3 atom stereocenters. The number of nitrogens with one attached hydrogen (secondary N) is 1. The Morgan fingerprint density at radius 3 is 2.03 bits per heavy atom. The van der Waals surface area contributed by atoms with E-state index in [1.54, 1.807) is 14.2 Å². The van der Waals surface area contributed by atoms with Crippen LogP contribution in [0.1, 0.15) is 82.9 Å². The molecule has 4 aromatic rings. The van der Waals surface area contributed by atoms with Crippen LogP contribution >= 0.6 is 8.53 Å². The molecular formula is C47H59N6O10P. The Kier molecular flexibility index (Phi) is 18.4. The number of rotatable bonds is 25. The molecular weight excluding hydrogens is 840 g/mol. The molecule has 0 spiro atoms. The Bertz CT molecular complexity index is 2120. The van der Waals surface area contributed by atoms with E-state index in [0.717, 1.165) is 22.8 Å². The summed E-state index contributed by atoms with van der Waals surface area (Å²) in [5.74, 6) is 1.33. The number of amides is 1. The zero-order valence-electron chi connectivity index (χ0n) is 37.4. The minimum Gasteiger partial charge on any atom is -0.497 e. The van der Waals surface area contributed by atoms with E-state index < -0.39 is 24.0 Å². The summed E-state index contributed by atoms with van der Waals surface area (Å²) in [5.41, 5.74) is 0.960. The molecule has 342 valence electrons. The fraction of sp³-hybridized carbons (Fsp3) is 0.447. The van der Waals surface area contributed by atoms with Crippen molar-refractivity contribution in [2.75, 3.05) is 45.8 Å². The summed E-state index contributed by atoms with van der Waals surface area (Å²) in [7, 11) is 1.66. The van der Waals surface area contributed by atoms with E-state index in [9.17, 15) is 30.3 Å². The molecule has 16 nitrogen and oxygen atoms in total. The molecule has 0 saturated carbocycles. The molecule has 4 aromatic carbocycles. The molecule has 1 unspecified atom stereocenters. The molecule has 0 aromatic heterocycles. The van der Waals surface area contributed by atoms with Crippen LogP contribution in [0.2, 0.25) is 0 Å². The van der Waals surface area contributed by atoms with E-state index in [-0.39, 0.29) is 73.3 Å². The predicted octanol–water partition coefficient (Wildman–Crippen LogP) is 9.76. The number of methoxy groups -OCH3 is 2. The number of unbranched alkanes of at least 4 members (excludes halogenated alkanes) is 2. The summed E-state index contributed by atoms with van der Waals surface area (Å²) in [6, 6.07) is 31.0. The van der Waals surface area contributed by atoms with Gasteiger partial charge in [-0.1, -0.05) is 61.0 Å². The molecule has 1 heterocycles. The van der Waals surface area contributed by atoms with E-state index in [4.69, 9.17) is 23.3 Å². The molecule has 1 amide bonds. The lowest BCUT2D eigenvalue weighted by molar-refractivity contribution is -0.393. The lowest BCUT2D eigenvalue weighted by Crippen LogP contribution is -2.42. The maximum absolute atomic E-state index is 14.4. The number of hydrogen-bond donors (Lipinski definition) is 1. The number of likely N-dealkylation sites (tertiary alicyclic amines) is 1. The zero-order valence-corrected chi connectivity index (χ0v) is 38.3. The number of benzene rings is 4. The van der Waals surface area contributed by atoms with E-state index >= 15 is 0 Å². The number of nitrogens with zero attached hydrogens (tertiary/aromatic N) is 5. The Morgan fingerprint density at radius 1 is 0.875 bits per heavy atom. The third-order valence-electron chi connectivity index (χ3n) is 11.0. The number of nitro benzene ring substituents is 2. The van der Waals surface area contributed by atoms with E-state index in [2.05, 4.69) is 43.8 Å². The van der Waals surface area contributed by atoms with Gasteiger partial charge in [-0.15, -0.1) is 0 Å². The number of ether oxygens (including phenoxy) is 3. The number of carbonyl (C=O) groups excluding carboxylic acids is 1. The highest BCUT2D eigenvalue weighted by Gasteiger charge is 2.43. The summed E-state index contributed by atoms with van der Waals surface area (Å²) >= 11 is 0. The van der Waals surface area contributed by atoms with Gasteiger partial charge in [-0.25, -0.2) is 4.67 Å². The number of nitriles is 1. The van der Waals surface area contributed by atoms with Crippen molar-refractivity contribution >= 4 is 31.5 Å². The van der Waals surface area contributed by atoms with Crippen molar-refractivity contribution in [3.8, 4) is 17.6 Å². The first-order chi connectivity index (χ1) is 30.8. The van der Waals surface area contributed by atoms with Gasteiger partial charge in [0.1, 0.15) is 22.8 Å². The third-order valence-corrected chi connectivity index (χ3v) is 13.2. The van der Waals surface area contributed by atoms with Gasteiger partial charge in [0, 0.05) is 37.7 Å². The zero-order chi connectivity index (χ0) is 46.2. The molecule has 1 saturated heterocycles. The van der Waals surface area contributed by atoms with Gasteiger partial charge in [0.2, 0.25) is 5.91 Å². The Labute approximate surface area is 376 Å². The van der Waals surface area contributed by atoms with Gasteiger partial charge in [0.25, 0.3) is 19.9 Å². The lowest BCUT2D eigenvalue weighted by atomic mass is 9.80. The van der Waals surface area contributed by atoms with Crippen LogP contribution in [-0.2, 0) is 24.2 Å². The van der Waals surface area contributed by atoms with Crippen LogP contribution < -0.4 is 14.8 Å². The quantitative estimate of drug-likeness (QED) is 0.0218. The van der Waals surface area contributed by atoms with Crippen molar-refractivity contribution < 1.29 is 37.9 Å². The highest BCUT2D eigenvalue weighted by Crippen LogP contribution is 2.49. The summed E-state index contributed by atoms with van der Waals surface area (Å²) in [4.78, 5) is 37.7. The molecule has 1 aliphatic heterocycles. The number of carbonyl (C=O) groups is 1. The molecule has 0 radical (unpaired) electrons. The topological polar surface area (TPSA) is 192 Å². The Balaban J connectivity index is 1.41. The minimum absolute atomic E-state index is 0.0582. The maximum Gasteiger partial charge on any atom is 0.299 e. The monoisotopic (exact) mass is 898 g/mol. The molecule has 0 bridgehead atoms. The van der Waals surface area contributed by atoms with Crippen molar-refractivity contribution in [3.63, 3.8) is 0 Å². The average Bonchev–Trinajstić information content (AvgIpc) is 3.70. The van der Waals surface area contributed by atoms with Gasteiger partial charge in [-0.3, -0.25) is 25.0 Å². The van der Waals surface area contributed by atoms with Gasteiger partial charge >= 0.3 is 0 Å². The Hall–Kier alpha value is -5.69.